The van der Waals surface area contributed by atoms with Crippen molar-refractivity contribution in [2.75, 3.05) is 33.2 Å². The van der Waals surface area contributed by atoms with Gasteiger partial charge in [-0.1, -0.05) is 71.2 Å². The van der Waals surface area contributed by atoms with E-state index in [0.717, 1.165) is 56.6 Å². The van der Waals surface area contributed by atoms with Crippen LogP contribution in [0.5, 0.6) is 0 Å². The summed E-state index contributed by atoms with van der Waals surface area (Å²) >= 11 is 12.6. The van der Waals surface area contributed by atoms with Gasteiger partial charge in [0, 0.05) is 38.2 Å². The summed E-state index contributed by atoms with van der Waals surface area (Å²) in [4.78, 5) is 17.5. The zero-order valence-corrected chi connectivity index (χ0v) is 23.1. The Morgan fingerprint density at radius 3 is 2.57 bits per heavy atom. The number of carbonyl (C=O) groups excluding carboxylic acids is 1. The van der Waals surface area contributed by atoms with E-state index in [-0.39, 0.29) is 17.4 Å². The molecular weight excluding hydrogens is 503 g/mol. The highest BCUT2D eigenvalue weighted by atomic mass is 35.5. The zero-order valence-electron chi connectivity index (χ0n) is 21.6. The topological polar surface area (TPSA) is 32.8 Å². The number of piperidine rings is 1. The molecule has 3 aromatic carbocycles. The maximum atomic E-state index is 13.2. The number of likely N-dealkylation sites (N-methyl/N-ethyl adjacent to an activating group) is 1. The summed E-state index contributed by atoms with van der Waals surface area (Å²) in [5.74, 6) is 0.179. The first kappa shape index (κ1) is 26.2. The first-order valence-corrected chi connectivity index (χ1v) is 13.8. The van der Waals surface area contributed by atoms with Crippen LogP contribution in [0.25, 0.3) is 0 Å². The second kappa shape index (κ2) is 11.2. The Balaban J connectivity index is 1.26. The van der Waals surface area contributed by atoms with E-state index in [1.807, 2.05) is 61.3 Å². The Bertz CT molecular complexity index is 1270. The van der Waals surface area contributed by atoms with Gasteiger partial charge in [0.25, 0.3) is 5.91 Å². The number of hydrogen-bond acceptors (Lipinski definition) is 3. The second-order valence-electron chi connectivity index (χ2n) is 10.5. The number of hydrogen-bond donors (Lipinski definition) is 0. The number of ether oxygens (including phenoxy) is 1. The third-order valence-corrected chi connectivity index (χ3v) is 8.73. The number of aryl methyl sites for hydroxylation is 1. The van der Waals surface area contributed by atoms with Crippen molar-refractivity contribution >= 4 is 29.1 Å². The molecule has 1 spiro atoms. The van der Waals surface area contributed by atoms with E-state index in [1.54, 1.807) is 0 Å². The lowest BCUT2D eigenvalue weighted by Gasteiger charge is -2.40. The Labute approximate surface area is 230 Å². The van der Waals surface area contributed by atoms with E-state index in [9.17, 15) is 4.79 Å². The van der Waals surface area contributed by atoms with Crippen LogP contribution in [0.2, 0.25) is 10.0 Å². The number of carbonyl (C=O) groups is 1. The first-order valence-electron chi connectivity index (χ1n) is 13.1. The van der Waals surface area contributed by atoms with Crippen LogP contribution in [0.4, 0.5) is 0 Å². The molecule has 4 nitrogen and oxygen atoms in total. The predicted octanol–water partition coefficient (Wildman–Crippen LogP) is 7.07. The van der Waals surface area contributed by atoms with Crippen LogP contribution >= 0.6 is 23.2 Å². The molecule has 3 aromatic rings. The zero-order chi connectivity index (χ0) is 26.0. The van der Waals surface area contributed by atoms with Gasteiger partial charge in [-0.2, -0.15) is 0 Å². The highest BCUT2D eigenvalue weighted by Crippen LogP contribution is 2.44. The van der Waals surface area contributed by atoms with Crippen LogP contribution in [-0.4, -0.2) is 48.9 Å². The minimum absolute atomic E-state index is 0.0331. The fourth-order valence-electron chi connectivity index (χ4n) is 5.82. The van der Waals surface area contributed by atoms with E-state index in [0.29, 0.717) is 22.2 Å². The minimum atomic E-state index is -0.128. The van der Waals surface area contributed by atoms with Gasteiger partial charge in [0.1, 0.15) is 0 Å². The van der Waals surface area contributed by atoms with Gasteiger partial charge >= 0.3 is 0 Å². The van der Waals surface area contributed by atoms with Crippen LogP contribution in [0.1, 0.15) is 57.8 Å². The summed E-state index contributed by atoms with van der Waals surface area (Å²) in [6.45, 7) is 6.29. The Morgan fingerprint density at radius 2 is 1.81 bits per heavy atom. The third kappa shape index (κ3) is 5.73. The maximum Gasteiger partial charge on any atom is 0.253 e. The van der Waals surface area contributed by atoms with Gasteiger partial charge in [0.15, 0.2) is 0 Å². The van der Waals surface area contributed by atoms with Crippen LogP contribution in [0.3, 0.4) is 0 Å². The van der Waals surface area contributed by atoms with Crippen molar-refractivity contribution in [3.05, 3.63) is 105 Å². The van der Waals surface area contributed by atoms with E-state index in [2.05, 4.69) is 29.2 Å². The normalized spacial score (nSPS) is 17.5. The van der Waals surface area contributed by atoms with Crippen molar-refractivity contribution < 1.29 is 9.53 Å². The number of likely N-dealkylation sites (tertiary alicyclic amines) is 1. The molecule has 2 aliphatic rings. The smallest absolute Gasteiger partial charge is 0.253 e. The van der Waals surface area contributed by atoms with Crippen LogP contribution in [-0.2, 0) is 16.9 Å². The van der Waals surface area contributed by atoms with Crippen molar-refractivity contribution in [3.8, 4) is 0 Å². The van der Waals surface area contributed by atoms with Crippen LogP contribution in [0, 0.1) is 6.92 Å². The summed E-state index contributed by atoms with van der Waals surface area (Å²) in [5.41, 5.74) is 5.48. The summed E-state index contributed by atoms with van der Waals surface area (Å²) in [5, 5.41) is 1.10. The molecule has 37 heavy (non-hydrogen) atoms. The Hall–Kier alpha value is -2.37. The van der Waals surface area contributed by atoms with Gasteiger partial charge in [-0.25, -0.2) is 0 Å². The fourth-order valence-corrected chi connectivity index (χ4v) is 6.12. The fraction of sp³-hybridized carbons (Fsp3) is 0.387. The maximum absolute atomic E-state index is 13.2. The Morgan fingerprint density at radius 1 is 1.03 bits per heavy atom. The highest BCUT2D eigenvalue weighted by Gasteiger charge is 2.42. The molecule has 0 aliphatic carbocycles. The van der Waals surface area contributed by atoms with E-state index >= 15 is 0 Å². The molecule has 194 valence electrons. The molecule has 0 bridgehead atoms. The number of nitrogens with zero attached hydrogens (tertiary/aromatic N) is 2. The predicted molar refractivity (Wildman–Crippen MR) is 151 cm³/mol. The third-order valence-electron chi connectivity index (χ3n) is 7.99. The van der Waals surface area contributed by atoms with Crippen LogP contribution in [0.15, 0.2) is 66.7 Å². The number of rotatable bonds is 7. The SMILES string of the molecule is Cc1cccc(C(=O)N(C)C[C@@H](CCN2CCC3(CC2)OCc2ccccc23)c2ccc(Cl)c(Cl)c2)c1. The standard InChI is InChI=1S/C31H34Cl2N2O2/c1-22-6-5-8-24(18-22)30(36)34(2)20-25(23-10-11-28(32)29(33)19-23)12-15-35-16-13-31(14-17-35)27-9-4-3-7-26(27)21-37-31/h3-11,18-19,25H,12-17,20-21H2,1-2H3/t25-/m1/s1. The molecule has 0 unspecified atom stereocenters. The molecule has 6 heteroatoms. The molecule has 0 aromatic heterocycles. The molecule has 0 radical (unpaired) electrons. The van der Waals surface area contributed by atoms with Gasteiger partial charge in [0.2, 0.25) is 0 Å². The second-order valence-corrected chi connectivity index (χ2v) is 11.3. The monoisotopic (exact) mass is 536 g/mol. The lowest BCUT2D eigenvalue weighted by Crippen LogP contribution is -2.43. The summed E-state index contributed by atoms with van der Waals surface area (Å²) in [6.07, 6.45) is 2.94. The lowest BCUT2D eigenvalue weighted by atomic mass is 9.83. The summed E-state index contributed by atoms with van der Waals surface area (Å²) < 4.78 is 6.35. The largest absolute Gasteiger partial charge is 0.365 e. The number of amides is 1. The van der Waals surface area contributed by atoms with E-state index in [4.69, 9.17) is 27.9 Å². The molecular formula is C31H34Cl2N2O2. The highest BCUT2D eigenvalue weighted by molar-refractivity contribution is 6.42. The lowest BCUT2D eigenvalue weighted by molar-refractivity contribution is -0.0790. The van der Waals surface area contributed by atoms with Gasteiger partial charge in [-0.15, -0.1) is 0 Å². The van der Waals surface area contributed by atoms with Gasteiger partial charge < -0.3 is 14.5 Å². The first-order chi connectivity index (χ1) is 17.8. The molecule has 0 N–H and O–H groups in total. The molecule has 2 heterocycles. The number of benzene rings is 3. The molecule has 1 amide bonds. The minimum Gasteiger partial charge on any atom is -0.365 e. The van der Waals surface area contributed by atoms with Gasteiger partial charge in [-0.3, -0.25) is 4.79 Å². The molecule has 1 atom stereocenters. The van der Waals surface area contributed by atoms with E-state index in [1.165, 1.54) is 11.1 Å². The van der Waals surface area contributed by atoms with Crippen molar-refractivity contribution in [2.45, 2.75) is 44.3 Å². The summed E-state index contributed by atoms with van der Waals surface area (Å²) in [6, 6.07) is 22.3. The molecule has 1 fully saturated rings. The van der Waals surface area contributed by atoms with Crippen molar-refractivity contribution in [2.24, 2.45) is 0 Å². The molecule has 5 rings (SSSR count). The average molecular weight is 538 g/mol. The van der Waals surface area contributed by atoms with Crippen molar-refractivity contribution in [3.63, 3.8) is 0 Å². The average Bonchev–Trinajstić information content (AvgIpc) is 3.26. The number of halogens is 2. The quantitative estimate of drug-likeness (QED) is 0.323. The van der Waals surface area contributed by atoms with Crippen molar-refractivity contribution in [1.29, 1.82) is 0 Å². The summed E-state index contributed by atoms with van der Waals surface area (Å²) in [7, 11) is 1.88. The van der Waals surface area contributed by atoms with Crippen LogP contribution < -0.4 is 0 Å². The van der Waals surface area contributed by atoms with Crippen molar-refractivity contribution in [1.82, 2.24) is 9.80 Å². The van der Waals surface area contributed by atoms with Gasteiger partial charge in [-0.05, 0) is 73.7 Å². The molecule has 1 saturated heterocycles. The van der Waals surface area contributed by atoms with E-state index < -0.39 is 0 Å². The molecule has 0 saturated carbocycles. The Kier molecular flexibility index (Phi) is 7.92. The molecule has 2 aliphatic heterocycles. The van der Waals surface area contributed by atoms with Gasteiger partial charge in [0.05, 0.1) is 22.3 Å². The number of fused-ring (bicyclic) bond motifs is 2.